The Morgan fingerprint density at radius 2 is 2.15 bits per heavy atom. The van der Waals surface area contributed by atoms with Crippen LogP contribution in [0.4, 0.5) is 13.2 Å². The molecule has 1 rings (SSSR count). The van der Waals surface area contributed by atoms with Crippen molar-refractivity contribution in [3.63, 3.8) is 0 Å². The fourth-order valence-electron chi connectivity index (χ4n) is 1.33. The van der Waals surface area contributed by atoms with Crippen molar-refractivity contribution >= 4 is 11.8 Å². The average molecular weight is 214 g/mol. The zero-order valence-electron chi connectivity index (χ0n) is 7.18. The van der Waals surface area contributed by atoms with Gasteiger partial charge in [0.15, 0.2) is 0 Å². The second-order valence-corrected chi connectivity index (χ2v) is 4.17. The van der Waals surface area contributed by atoms with E-state index in [0.717, 1.165) is 13.0 Å². The van der Waals surface area contributed by atoms with Crippen molar-refractivity contribution in [2.45, 2.75) is 18.0 Å². The quantitative estimate of drug-likeness (QED) is 0.764. The number of alkyl halides is 3. The molecule has 0 amide bonds. The summed E-state index contributed by atoms with van der Waals surface area (Å²) in [4.78, 5) is 2.00. The summed E-state index contributed by atoms with van der Waals surface area (Å²) < 4.78 is 35.2. The highest BCUT2D eigenvalue weighted by Gasteiger charge is 2.30. The summed E-state index contributed by atoms with van der Waals surface area (Å²) in [5.74, 6) is 0.111. The molecule has 1 unspecified atom stereocenters. The minimum atomic E-state index is -4.09. The highest BCUT2D eigenvalue weighted by Crippen LogP contribution is 2.30. The Labute approximate surface area is 79.6 Å². The number of rotatable bonds is 4. The zero-order valence-corrected chi connectivity index (χ0v) is 8.00. The van der Waals surface area contributed by atoms with E-state index in [1.165, 1.54) is 0 Å². The van der Waals surface area contributed by atoms with Crippen molar-refractivity contribution in [3.8, 4) is 0 Å². The second-order valence-electron chi connectivity index (χ2n) is 3.01. The molecular formula is C7H13F3N2S. The maximum atomic E-state index is 11.7. The maximum Gasteiger partial charge on any atom is 0.441 e. The summed E-state index contributed by atoms with van der Waals surface area (Å²) in [5.41, 5.74) is 1.32. The zero-order chi connectivity index (χ0) is 9.90. The third-order valence-corrected chi connectivity index (χ3v) is 2.90. The number of halogens is 3. The van der Waals surface area contributed by atoms with Crippen LogP contribution >= 0.6 is 11.8 Å². The third-order valence-electron chi connectivity index (χ3n) is 2.18. The van der Waals surface area contributed by atoms with E-state index in [4.69, 9.17) is 5.73 Å². The van der Waals surface area contributed by atoms with Crippen LogP contribution in [-0.2, 0) is 0 Å². The van der Waals surface area contributed by atoms with Gasteiger partial charge in [-0.1, -0.05) is 0 Å². The summed E-state index contributed by atoms with van der Waals surface area (Å²) in [6.45, 7) is 1.93. The van der Waals surface area contributed by atoms with Crippen molar-refractivity contribution in [1.82, 2.24) is 4.90 Å². The summed E-state index contributed by atoms with van der Waals surface area (Å²) >= 11 is 0.0412. The topological polar surface area (TPSA) is 29.3 Å². The van der Waals surface area contributed by atoms with E-state index in [0.29, 0.717) is 19.1 Å². The van der Waals surface area contributed by atoms with Crippen LogP contribution in [0.15, 0.2) is 0 Å². The van der Waals surface area contributed by atoms with Gasteiger partial charge in [0.1, 0.15) is 0 Å². The van der Waals surface area contributed by atoms with Crippen molar-refractivity contribution in [2.75, 3.05) is 25.4 Å². The van der Waals surface area contributed by atoms with E-state index in [1.54, 1.807) is 0 Å². The maximum absolute atomic E-state index is 11.7. The van der Waals surface area contributed by atoms with Crippen LogP contribution in [0.3, 0.4) is 0 Å². The number of hydrogen-bond acceptors (Lipinski definition) is 3. The van der Waals surface area contributed by atoms with Crippen LogP contribution in [0.25, 0.3) is 0 Å². The van der Waals surface area contributed by atoms with Gasteiger partial charge in [0, 0.05) is 31.4 Å². The molecule has 13 heavy (non-hydrogen) atoms. The van der Waals surface area contributed by atoms with Crippen molar-refractivity contribution in [2.24, 2.45) is 5.73 Å². The van der Waals surface area contributed by atoms with Crippen LogP contribution in [0.1, 0.15) is 6.42 Å². The second kappa shape index (κ2) is 4.52. The van der Waals surface area contributed by atoms with Gasteiger partial charge in [-0.25, -0.2) is 0 Å². The lowest BCUT2D eigenvalue weighted by Gasteiger charge is -2.40. The highest BCUT2D eigenvalue weighted by atomic mass is 32.2. The molecular weight excluding hydrogens is 201 g/mol. The van der Waals surface area contributed by atoms with Crippen molar-refractivity contribution in [3.05, 3.63) is 0 Å². The number of hydrogen-bond donors (Lipinski definition) is 1. The van der Waals surface area contributed by atoms with E-state index in [2.05, 4.69) is 0 Å². The molecule has 1 aliphatic heterocycles. The van der Waals surface area contributed by atoms with Gasteiger partial charge in [-0.3, -0.25) is 4.90 Å². The Bertz CT molecular complexity index is 160. The van der Waals surface area contributed by atoms with E-state index in [-0.39, 0.29) is 17.5 Å². The molecule has 0 aromatic heterocycles. The molecule has 0 spiro atoms. The van der Waals surface area contributed by atoms with E-state index in [9.17, 15) is 13.2 Å². The highest BCUT2D eigenvalue weighted by molar-refractivity contribution is 8.00. The molecule has 0 aromatic rings. The predicted octanol–water partition coefficient (Wildman–Crippen LogP) is 1.27. The van der Waals surface area contributed by atoms with Crippen molar-refractivity contribution < 1.29 is 13.2 Å². The first-order valence-corrected chi connectivity index (χ1v) is 5.16. The predicted molar refractivity (Wildman–Crippen MR) is 47.5 cm³/mol. The fourth-order valence-corrected chi connectivity index (χ4v) is 1.89. The largest absolute Gasteiger partial charge is 0.441 e. The number of thioether (sulfide) groups is 1. The Morgan fingerprint density at radius 1 is 1.46 bits per heavy atom. The Hall–Kier alpha value is 0.0600. The van der Waals surface area contributed by atoms with Gasteiger partial charge in [0.2, 0.25) is 0 Å². The summed E-state index contributed by atoms with van der Waals surface area (Å²) in [6, 6.07) is 0.314. The first-order chi connectivity index (χ1) is 6.03. The fraction of sp³-hybridized carbons (Fsp3) is 1.00. The number of likely N-dealkylation sites (tertiary alicyclic amines) is 1. The van der Waals surface area contributed by atoms with Crippen LogP contribution in [0, 0.1) is 0 Å². The van der Waals surface area contributed by atoms with Gasteiger partial charge >= 0.3 is 5.51 Å². The monoisotopic (exact) mass is 214 g/mol. The van der Waals surface area contributed by atoms with Crippen LogP contribution < -0.4 is 5.73 Å². The van der Waals surface area contributed by atoms with Crippen LogP contribution in [0.2, 0.25) is 0 Å². The third kappa shape index (κ3) is 3.74. The molecule has 78 valence electrons. The first kappa shape index (κ1) is 11.1. The van der Waals surface area contributed by atoms with Gasteiger partial charge in [0.25, 0.3) is 0 Å². The minimum absolute atomic E-state index is 0.0412. The molecule has 0 saturated carbocycles. The normalized spacial score (nSPS) is 24.5. The molecule has 1 heterocycles. The molecule has 1 aliphatic rings. The lowest BCUT2D eigenvalue weighted by atomic mass is 10.0. The van der Waals surface area contributed by atoms with Gasteiger partial charge < -0.3 is 5.73 Å². The first-order valence-electron chi connectivity index (χ1n) is 4.18. The smallest absolute Gasteiger partial charge is 0.329 e. The molecule has 6 heteroatoms. The standard InChI is InChI=1S/C7H13F3N2S/c8-7(9,10)13-4-3-12-2-1-6(12)5-11/h6H,1-5,11H2. The van der Waals surface area contributed by atoms with Crippen LogP contribution in [-0.4, -0.2) is 41.8 Å². The lowest BCUT2D eigenvalue weighted by molar-refractivity contribution is -0.0330. The molecule has 0 bridgehead atoms. The minimum Gasteiger partial charge on any atom is -0.329 e. The molecule has 2 nitrogen and oxygen atoms in total. The van der Waals surface area contributed by atoms with Crippen molar-refractivity contribution in [1.29, 1.82) is 0 Å². The van der Waals surface area contributed by atoms with Gasteiger partial charge in [-0.2, -0.15) is 13.2 Å². The van der Waals surface area contributed by atoms with Gasteiger partial charge in [0.05, 0.1) is 0 Å². The lowest BCUT2D eigenvalue weighted by Crippen LogP contribution is -2.52. The molecule has 1 saturated heterocycles. The Morgan fingerprint density at radius 3 is 2.54 bits per heavy atom. The molecule has 0 aliphatic carbocycles. The van der Waals surface area contributed by atoms with Gasteiger partial charge in [-0.15, -0.1) is 0 Å². The molecule has 0 radical (unpaired) electrons. The molecule has 1 atom stereocenters. The molecule has 1 fully saturated rings. The Kier molecular flexibility index (Phi) is 3.87. The number of nitrogens with zero attached hydrogens (tertiary/aromatic N) is 1. The van der Waals surface area contributed by atoms with E-state index < -0.39 is 5.51 Å². The van der Waals surface area contributed by atoms with Gasteiger partial charge in [-0.05, 0) is 18.2 Å². The number of nitrogens with two attached hydrogens (primary N) is 1. The molecule has 2 N–H and O–H groups in total. The average Bonchev–Trinajstić information content (AvgIpc) is 1.95. The summed E-state index contributed by atoms with van der Waals surface area (Å²) in [7, 11) is 0. The van der Waals surface area contributed by atoms with Crippen LogP contribution in [0.5, 0.6) is 0 Å². The molecule has 0 aromatic carbocycles. The van der Waals surface area contributed by atoms with E-state index >= 15 is 0 Å². The SMILES string of the molecule is NCC1CCN1CCSC(F)(F)F. The van der Waals surface area contributed by atoms with E-state index in [1.807, 2.05) is 4.90 Å². The summed E-state index contributed by atoms with van der Waals surface area (Å²) in [5, 5.41) is 0. The Balaban J connectivity index is 2.06. The summed E-state index contributed by atoms with van der Waals surface area (Å²) in [6.07, 6.45) is 1.02.